The van der Waals surface area contributed by atoms with E-state index in [2.05, 4.69) is 24.1 Å². The molecule has 0 heterocycles. The number of hydrogen-bond donors (Lipinski definition) is 1. The fraction of sp³-hybridized carbons (Fsp3) is 0.467. The van der Waals surface area contributed by atoms with Gasteiger partial charge in [0, 0.05) is 12.5 Å². The van der Waals surface area contributed by atoms with Gasteiger partial charge in [-0.15, -0.1) is 11.8 Å². The SMILES string of the molecule is CC#CCCC(NCCC)c1ccc(F)c(Cl)c1. The van der Waals surface area contributed by atoms with E-state index in [1.165, 1.54) is 6.07 Å². The lowest BCUT2D eigenvalue weighted by Crippen LogP contribution is -2.22. The topological polar surface area (TPSA) is 12.0 Å². The Morgan fingerprint density at radius 1 is 1.44 bits per heavy atom. The smallest absolute Gasteiger partial charge is 0.141 e. The Labute approximate surface area is 114 Å². The maximum atomic E-state index is 13.1. The molecule has 0 aliphatic rings. The van der Waals surface area contributed by atoms with E-state index in [9.17, 15) is 4.39 Å². The van der Waals surface area contributed by atoms with Crippen LogP contribution in [0.5, 0.6) is 0 Å². The van der Waals surface area contributed by atoms with Gasteiger partial charge in [0.15, 0.2) is 0 Å². The molecule has 0 amide bonds. The van der Waals surface area contributed by atoms with E-state index in [-0.39, 0.29) is 16.9 Å². The molecular formula is C15H19ClFN. The second-order valence-electron chi connectivity index (χ2n) is 4.15. The van der Waals surface area contributed by atoms with Gasteiger partial charge in [-0.3, -0.25) is 0 Å². The maximum Gasteiger partial charge on any atom is 0.141 e. The van der Waals surface area contributed by atoms with Crippen molar-refractivity contribution in [3.63, 3.8) is 0 Å². The van der Waals surface area contributed by atoms with Crippen molar-refractivity contribution in [2.24, 2.45) is 0 Å². The average Bonchev–Trinajstić information content (AvgIpc) is 2.37. The molecule has 1 unspecified atom stereocenters. The summed E-state index contributed by atoms with van der Waals surface area (Å²) in [6.45, 7) is 4.88. The van der Waals surface area contributed by atoms with E-state index >= 15 is 0 Å². The summed E-state index contributed by atoms with van der Waals surface area (Å²) >= 11 is 5.82. The molecular weight excluding hydrogens is 249 g/mol. The summed E-state index contributed by atoms with van der Waals surface area (Å²) in [6, 6.07) is 5.09. The van der Waals surface area contributed by atoms with Gasteiger partial charge in [-0.2, -0.15) is 0 Å². The van der Waals surface area contributed by atoms with Crippen molar-refractivity contribution in [2.45, 2.75) is 39.2 Å². The van der Waals surface area contributed by atoms with Crippen molar-refractivity contribution in [3.8, 4) is 11.8 Å². The molecule has 0 bridgehead atoms. The monoisotopic (exact) mass is 267 g/mol. The molecule has 1 aromatic carbocycles. The largest absolute Gasteiger partial charge is 0.310 e. The van der Waals surface area contributed by atoms with Gasteiger partial charge in [-0.1, -0.05) is 24.6 Å². The van der Waals surface area contributed by atoms with Crippen LogP contribution in [0.3, 0.4) is 0 Å². The zero-order valence-corrected chi connectivity index (χ0v) is 11.6. The third-order valence-electron chi connectivity index (χ3n) is 2.72. The third kappa shape index (κ3) is 4.68. The first-order valence-electron chi connectivity index (χ1n) is 6.27. The Morgan fingerprint density at radius 2 is 2.22 bits per heavy atom. The highest BCUT2D eigenvalue weighted by Gasteiger charge is 2.11. The van der Waals surface area contributed by atoms with E-state index in [4.69, 9.17) is 11.6 Å². The van der Waals surface area contributed by atoms with Crippen LogP contribution in [0, 0.1) is 17.7 Å². The summed E-state index contributed by atoms with van der Waals surface area (Å²) in [5, 5.41) is 3.62. The minimum absolute atomic E-state index is 0.178. The summed E-state index contributed by atoms with van der Waals surface area (Å²) in [6.07, 6.45) is 2.79. The van der Waals surface area contributed by atoms with Crippen LogP contribution in [0.2, 0.25) is 5.02 Å². The summed E-state index contributed by atoms with van der Waals surface area (Å²) in [5.41, 5.74) is 1.02. The van der Waals surface area contributed by atoms with Gasteiger partial charge in [-0.05, 0) is 44.0 Å². The number of nitrogens with one attached hydrogen (secondary N) is 1. The first-order chi connectivity index (χ1) is 8.69. The highest BCUT2D eigenvalue weighted by molar-refractivity contribution is 6.30. The van der Waals surface area contributed by atoms with Gasteiger partial charge < -0.3 is 5.32 Å². The molecule has 0 aliphatic carbocycles. The van der Waals surface area contributed by atoms with Crippen LogP contribution in [0.4, 0.5) is 4.39 Å². The fourth-order valence-corrected chi connectivity index (χ4v) is 1.96. The Hall–Kier alpha value is -1.04. The van der Waals surface area contributed by atoms with Gasteiger partial charge in [-0.25, -0.2) is 4.39 Å². The minimum atomic E-state index is -0.372. The number of halogens is 2. The predicted molar refractivity (Wildman–Crippen MR) is 75.1 cm³/mol. The summed E-state index contributed by atoms with van der Waals surface area (Å²) in [7, 11) is 0. The van der Waals surface area contributed by atoms with E-state index in [0.717, 1.165) is 31.4 Å². The Balaban J connectivity index is 2.78. The van der Waals surface area contributed by atoms with Crippen molar-refractivity contribution in [2.75, 3.05) is 6.54 Å². The van der Waals surface area contributed by atoms with Gasteiger partial charge in [0.1, 0.15) is 5.82 Å². The average molecular weight is 268 g/mol. The van der Waals surface area contributed by atoms with Crippen LogP contribution >= 0.6 is 11.6 Å². The molecule has 3 heteroatoms. The molecule has 0 spiro atoms. The lowest BCUT2D eigenvalue weighted by molar-refractivity contribution is 0.504. The second-order valence-corrected chi connectivity index (χ2v) is 4.55. The van der Waals surface area contributed by atoms with Crippen LogP contribution in [0.1, 0.15) is 44.7 Å². The number of benzene rings is 1. The van der Waals surface area contributed by atoms with Crippen LogP contribution in [-0.2, 0) is 0 Å². The Morgan fingerprint density at radius 3 is 2.83 bits per heavy atom. The van der Waals surface area contributed by atoms with E-state index in [0.29, 0.717) is 0 Å². The van der Waals surface area contributed by atoms with Crippen molar-refractivity contribution >= 4 is 11.6 Å². The maximum absolute atomic E-state index is 13.1. The van der Waals surface area contributed by atoms with Crippen LogP contribution in [0.25, 0.3) is 0 Å². The van der Waals surface area contributed by atoms with Crippen molar-refractivity contribution in [3.05, 3.63) is 34.6 Å². The molecule has 0 aliphatic heterocycles. The van der Waals surface area contributed by atoms with Crippen LogP contribution in [0.15, 0.2) is 18.2 Å². The molecule has 0 saturated carbocycles. The fourth-order valence-electron chi connectivity index (χ4n) is 1.78. The first kappa shape index (κ1) is 15.0. The van der Waals surface area contributed by atoms with Crippen LogP contribution in [-0.4, -0.2) is 6.54 Å². The third-order valence-corrected chi connectivity index (χ3v) is 3.01. The molecule has 0 radical (unpaired) electrons. The number of hydrogen-bond acceptors (Lipinski definition) is 1. The van der Waals surface area contributed by atoms with Gasteiger partial charge in [0.25, 0.3) is 0 Å². The van der Waals surface area contributed by atoms with E-state index in [1.807, 2.05) is 6.92 Å². The molecule has 0 saturated heterocycles. The molecule has 1 aromatic rings. The lowest BCUT2D eigenvalue weighted by Gasteiger charge is -2.18. The standard InChI is InChI=1S/C15H19ClFN/c1-3-5-6-7-15(18-10-4-2)12-8-9-14(17)13(16)11-12/h8-9,11,15,18H,4,6-7,10H2,1-2H3. The summed E-state index contributed by atoms with van der Waals surface area (Å²) in [4.78, 5) is 0. The highest BCUT2D eigenvalue weighted by Crippen LogP contribution is 2.23. The quantitative estimate of drug-likeness (QED) is 0.757. The molecule has 1 nitrogen and oxygen atoms in total. The molecule has 0 fully saturated rings. The lowest BCUT2D eigenvalue weighted by atomic mass is 10.0. The van der Waals surface area contributed by atoms with Crippen LogP contribution < -0.4 is 5.32 Å². The van der Waals surface area contributed by atoms with Crippen molar-refractivity contribution < 1.29 is 4.39 Å². The molecule has 0 aromatic heterocycles. The molecule has 1 rings (SSSR count). The molecule has 1 atom stereocenters. The number of rotatable bonds is 6. The summed E-state index contributed by atoms with van der Waals surface area (Å²) in [5.74, 6) is 5.57. The zero-order chi connectivity index (χ0) is 13.4. The highest BCUT2D eigenvalue weighted by atomic mass is 35.5. The Bertz CT molecular complexity index is 434. The summed E-state index contributed by atoms with van der Waals surface area (Å²) < 4.78 is 13.1. The van der Waals surface area contributed by atoms with E-state index < -0.39 is 0 Å². The Kier molecular flexibility index (Phi) is 6.78. The predicted octanol–water partition coefficient (Wildman–Crippen LogP) is 4.32. The van der Waals surface area contributed by atoms with E-state index in [1.54, 1.807) is 12.1 Å². The normalized spacial score (nSPS) is 11.8. The first-order valence-corrected chi connectivity index (χ1v) is 6.64. The molecule has 1 N–H and O–H groups in total. The van der Waals surface area contributed by atoms with Gasteiger partial charge >= 0.3 is 0 Å². The molecule has 98 valence electrons. The van der Waals surface area contributed by atoms with Crippen molar-refractivity contribution in [1.82, 2.24) is 5.32 Å². The van der Waals surface area contributed by atoms with Crippen molar-refractivity contribution in [1.29, 1.82) is 0 Å². The zero-order valence-electron chi connectivity index (χ0n) is 10.9. The van der Waals surface area contributed by atoms with Gasteiger partial charge in [0.05, 0.1) is 5.02 Å². The molecule has 18 heavy (non-hydrogen) atoms. The second kappa shape index (κ2) is 8.13. The minimum Gasteiger partial charge on any atom is -0.310 e. The van der Waals surface area contributed by atoms with Gasteiger partial charge in [0.2, 0.25) is 0 Å².